The average Bonchev–Trinajstić information content (AvgIpc) is 2.61. The number of aromatic amines is 1. The first-order chi connectivity index (χ1) is 13.0. The van der Waals surface area contributed by atoms with Crippen molar-refractivity contribution in [1.82, 2.24) is 15.3 Å². The van der Waals surface area contributed by atoms with Gasteiger partial charge in [-0.3, -0.25) is 9.59 Å². The van der Waals surface area contributed by atoms with Gasteiger partial charge in [0.05, 0.1) is 10.9 Å². The number of amides is 1. The van der Waals surface area contributed by atoms with E-state index in [2.05, 4.69) is 15.3 Å². The summed E-state index contributed by atoms with van der Waals surface area (Å²) in [5, 5.41) is 3.26. The number of nitrogens with zero attached hydrogens (tertiary/aromatic N) is 1. The van der Waals surface area contributed by atoms with E-state index in [1.807, 2.05) is 6.07 Å². The predicted molar refractivity (Wildman–Crippen MR) is 98.4 cm³/mol. The van der Waals surface area contributed by atoms with Crippen LogP contribution in [-0.2, 0) is 17.6 Å². The maximum atomic E-state index is 13.1. The van der Waals surface area contributed by atoms with E-state index in [1.54, 1.807) is 18.2 Å². The number of halogens is 2. The monoisotopic (exact) mass is 371 g/mol. The molecule has 0 atom stereocenters. The number of carbonyl (C=O) groups is 1. The van der Waals surface area contributed by atoms with Crippen molar-refractivity contribution in [1.29, 1.82) is 0 Å². The Hall–Kier alpha value is -3.09. The Balaban J connectivity index is 1.45. The van der Waals surface area contributed by atoms with Crippen LogP contribution < -0.4 is 10.9 Å². The Labute approximate surface area is 154 Å². The topological polar surface area (TPSA) is 74.8 Å². The first-order valence-corrected chi connectivity index (χ1v) is 8.71. The summed E-state index contributed by atoms with van der Waals surface area (Å²) in [6.45, 7) is 0.298. The van der Waals surface area contributed by atoms with E-state index in [1.165, 1.54) is 12.1 Å². The first kappa shape index (κ1) is 18.7. The zero-order chi connectivity index (χ0) is 19.2. The predicted octanol–water partition coefficient (Wildman–Crippen LogP) is 2.88. The molecule has 7 heteroatoms. The van der Waals surface area contributed by atoms with Crippen LogP contribution in [0.25, 0.3) is 10.9 Å². The highest BCUT2D eigenvalue weighted by atomic mass is 19.1. The lowest BCUT2D eigenvalue weighted by Crippen LogP contribution is -2.25. The summed E-state index contributed by atoms with van der Waals surface area (Å²) in [4.78, 5) is 31.0. The third kappa shape index (κ3) is 5.20. The second-order valence-corrected chi connectivity index (χ2v) is 6.26. The Morgan fingerprint density at radius 3 is 2.59 bits per heavy atom. The van der Waals surface area contributed by atoms with Gasteiger partial charge in [-0.2, -0.15) is 0 Å². The van der Waals surface area contributed by atoms with Gasteiger partial charge in [0, 0.05) is 25.5 Å². The highest BCUT2D eigenvalue weighted by Gasteiger charge is 2.06. The summed E-state index contributed by atoms with van der Waals surface area (Å²) in [6.07, 6.45) is 1.62. The van der Waals surface area contributed by atoms with Crippen molar-refractivity contribution in [3.63, 3.8) is 0 Å². The van der Waals surface area contributed by atoms with E-state index >= 15 is 0 Å². The van der Waals surface area contributed by atoms with Crippen LogP contribution in [0, 0.1) is 11.6 Å². The molecule has 2 N–H and O–H groups in total. The van der Waals surface area contributed by atoms with Gasteiger partial charge in [-0.05, 0) is 42.7 Å². The van der Waals surface area contributed by atoms with Crippen molar-refractivity contribution < 1.29 is 13.6 Å². The van der Waals surface area contributed by atoms with Gasteiger partial charge in [0.2, 0.25) is 5.91 Å². The molecule has 0 aliphatic carbocycles. The van der Waals surface area contributed by atoms with Gasteiger partial charge in [-0.1, -0.05) is 12.1 Å². The number of para-hydroxylation sites is 1. The van der Waals surface area contributed by atoms with Crippen LogP contribution in [-0.4, -0.2) is 22.4 Å². The maximum Gasteiger partial charge on any atom is 0.258 e. The number of nitrogens with one attached hydrogen (secondary N) is 2. The van der Waals surface area contributed by atoms with Crippen molar-refractivity contribution >= 4 is 16.8 Å². The molecule has 0 saturated carbocycles. The normalized spacial score (nSPS) is 10.9. The molecule has 0 fully saturated rings. The fourth-order valence-corrected chi connectivity index (χ4v) is 2.86. The lowest BCUT2D eigenvalue weighted by Gasteiger charge is -2.06. The highest BCUT2D eigenvalue weighted by molar-refractivity contribution is 5.77. The fraction of sp³-hybridized carbons (Fsp3) is 0.250. The molecule has 0 bridgehead atoms. The van der Waals surface area contributed by atoms with Crippen LogP contribution in [0.15, 0.2) is 47.3 Å². The summed E-state index contributed by atoms with van der Waals surface area (Å²) >= 11 is 0. The number of carbonyl (C=O) groups excluding carboxylic acids is 1. The van der Waals surface area contributed by atoms with E-state index in [4.69, 9.17) is 0 Å². The van der Waals surface area contributed by atoms with Crippen molar-refractivity contribution in [3.8, 4) is 0 Å². The minimum atomic E-state index is -0.631. The quantitative estimate of drug-likeness (QED) is 0.671. The average molecular weight is 371 g/mol. The van der Waals surface area contributed by atoms with Gasteiger partial charge in [-0.25, -0.2) is 13.8 Å². The van der Waals surface area contributed by atoms with Crippen molar-refractivity contribution in [2.24, 2.45) is 0 Å². The van der Waals surface area contributed by atoms with Crippen molar-refractivity contribution in [3.05, 3.63) is 75.8 Å². The lowest BCUT2D eigenvalue weighted by molar-refractivity contribution is -0.121. The van der Waals surface area contributed by atoms with Crippen LogP contribution in [0.1, 0.15) is 24.2 Å². The van der Waals surface area contributed by atoms with Crippen LogP contribution in [0.5, 0.6) is 0 Å². The molecular formula is C20H19F2N3O2. The molecule has 3 rings (SSSR count). The smallest absolute Gasteiger partial charge is 0.258 e. The zero-order valence-electron chi connectivity index (χ0n) is 14.6. The summed E-state index contributed by atoms with van der Waals surface area (Å²) in [5.74, 6) is -0.877. The molecule has 0 saturated heterocycles. The number of hydrogen-bond donors (Lipinski definition) is 2. The summed E-state index contributed by atoms with van der Waals surface area (Å²) in [7, 11) is 0. The Bertz CT molecular complexity index is 997. The number of rotatable bonds is 7. The van der Waals surface area contributed by atoms with Gasteiger partial charge in [0.15, 0.2) is 0 Å². The largest absolute Gasteiger partial charge is 0.356 e. The second-order valence-electron chi connectivity index (χ2n) is 6.26. The summed E-state index contributed by atoms with van der Waals surface area (Å²) in [6, 6.07) is 10.4. The first-order valence-electron chi connectivity index (χ1n) is 8.71. The zero-order valence-corrected chi connectivity index (χ0v) is 14.6. The highest BCUT2D eigenvalue weighted by Crippen LogP contribution is 2.09. The number of hydrogen-bond acceptors (Lipinski definition) is 3. The number of benzene rings is 2. The van der Waals surface area contributed by atoms with E-state index in [0.29, 0.717) is 48.1 Å². The molecule has 140 valence electrons. The van der Waals surface area contributed by atoms with Gasteiger partial charge in [0.1, 0.15) is 17.5 Å². The molecule has 27 heavy (non-hydrogen) atoms. The molecule has 2 aromatic carbocycles. The van der Waals surface area contributed by atoms with Gasteiger partial charge in [-0.15, -0.1) is 0 Å². The Morgan fingerprint density at radius 2 is 1.81 bits per heavy atom. The Kier molecular flexibility index (Phi) is 5.90. The van der Waals surface area contributed by atoms with Crippen LogP contribution >= 0.6 is 0 Å². The minimum Gasteiger partial charge on any atom is -0.356 e. The van der Waals surface area contributed by atoms with Crippen LogP contribution in [0.3, 0.4) is 0 Å². The molecule has 5 nitrogen and oxygen atoms in total. The summed E-state index contributed by atoms with van der Waals surface area (Å²) < 4.78 is 26.2. The molecule has 0 unspecified atom stereocenters. The standard InChI is InChI=1S/C20H19F2N3O2/c21-14-10-13(11-15(22)12-14)8-9-23-19(26)7-3-6-18-24-17-5-2-1-4-16(17)20(27)25-18/h1-2,4-5,10-12H,3,6-9H2,(H,23,26)(H,24,25,27). The SMILES string of the molecule is O=C(CCCc1nc2ccccc2c(=O)[nH]1)NCCc1cc(F)cc(F)c1. The van der Waals surface area contributed by atoms with Gasteiger partial charge in [0.25, 0.3) is 5.56 Å². The molecule has 0 aliphatic heterocycles. The number of aryl methyl sites for hydroxylation is 1. The Morgan fingerprint density at radius 1 is 1.07 bits per heavy atom. The number of aromatic nitrogens is 2. The van der Waals surface area contributed by atoms with E-state index in [-0.39, 0.29) is 17.9 Å². The summed E-state index contributed by atoms with van der Waals surface area (Å²) in [5.41, 5.74) is 0.927. The van der Waals surface area contributed by atoms with Crippen LogP contribution in [0.2, 0.25) is 0 Å². The molecule has 0 spiro atoms. The van der Waals surface area contributed by atoms with Gasteiger partial charge < -0.3 is 10.3 Å². The molecular weight excluding hydrogens is 352 g/mol. The van der Waals surface area contributed by atoms with Gasteiger partial charge >= 0.3 is 0 Å². The van der Waals surface area contributed by atoms with E-state index < -0.39 is 11.6 Å². The number of fused-ring (bicyclic) bond motifs is 1. The molecule has 1 amide bonds. The molecule has 1 heterocycles. The third-order valence-electron chi connectivity index (χ3n) is 4.14. The maximum absolute atomic E-state index is 13.1. The molecule has 1 aromatic heterocycles. The van der Waals surface area contributed by atoms with E-state index in [9.17, 15) is 18.4 Å². The van der Waals surface area contributed by atoms with Crippen molar-refractivity contribution in [2.45, 2.75) is 25.7 Å². The third-order valence-corrected chi connectivity index (χ3v) is 4.14. The fourth-order valence-electron chi connectivity index (χ4n) is 2.86. The second kappa shape index (κ2) is 8.53. The molecule has 0 aliphatic rings. The van der Waals surface area contributed by atoms with E-state index in [0.717, 1.165) is 6.07 Å². The lowest BCUT2D eigenvalue weighted by atomic mass is 10.1. The van der Waals surface area contributed by atoms with Crippen LogP contribution in [0.4, 0.5) is 8.78 Å². The molecule has 3 aromatic rings. The van der Waals surface area contributed by atoms with Crippen molar-refractivity contribution in [2.75, 3.05) is 6.54 Å². The number of H-pyrrole nitrogens is 1. The molecule has 0 radical (unpaired) electrons. The minimum absolute atomic E-state index is 0.157.